The molecule has 1 aliphatic rings. The molecule has 40 heavy (non-hydrogen) atoms. The number of piperidine rings is 1. The zero-order valence-electron chi connectivity index (χ0n) is 22.5. The fourth-order valence-electron chi connectivity index (χ4n) is 5.72. The van der Waals surface area contributed by atoms with Crippen LogP contribution in [0.4, 0.5) is 0 Å². The number of nitrogens with zero attached hydrogens (tertiary/aromatic N) is 3. The maximum atomic E-state index is 13.8. The Morgan fingerprint density at radius 3 is 2.20 bits per heavy atom. The van der Waals surface area contributed by atoms with E-state index in [0.717, 1.165) is 59.5 Å². The van der Waals surface area contributed by atoms with Crippen molar-refractivity contribution >= 4 is 16.7 Å². The molecule has 0 N–H and O–H groups in total. The Bertz CT molecular complexity index is 1680. The highest BCUT2D eigenvalue weighted by atomic mass is 16.5. The SMILES string of the molecule is COC(=O)c1c(-c2ccccc2)c2ccccc2c(=O)n1CC1CCN(Cc2cc(-c3ccccc3)no2)CC1. The topological polar surface area (TPSA) is 77.6 Å². The van der Waals surface area contributed by atoms with Gasteiger partial charge in [-0.15, -0.1) is 0 Å². The number of carbonyl (C=O) groups is 1. The zero-order chi connectivity index (χ0) is 27.5. The van der Waals surface area contributed by atoms with Crippen LogP contribution in [-0.4, -0.2) is 40.8 Å². The summed E-state index contributed by atoms with van der Waals surface area (Å²) < 4.78 is 12.5. The zero-order valence-corrected chi connectivity index (χ0v) is 22.5. The highest BCUT2D eigenvalue weighted by Crippen LogP contribution is 2.32. The van der Waals surface area contributed by atoms with Crippen LogP contribution < -0.4 is 5.56 Å². The van der Waals surface area contributed by atoms with Crippen molar-refractivity contribution in [3.63, 3.8) is 0 Å². The third-order valence-corrected chi connectivity index (χ3v) is 7.78. The summed E-state index contributed by atoms with van der Waals surface area (Å²) in [5, 5.41) is 5.60. The molecule has 0 saturated carbocycles. The molecule has 3 heterocycles. The van der Waals surface area contributed by atoms with Gasteiger partial charge in [0.2, 0.25) is 0 Å². The van der Waals surface area contributed by atoms with Gasteiger partial charge >= 0.3 is 5.97 Å². The van der Waals surface area contributed by atoms with Gasteiger partial charge in [0.05, 0.1) is 13.7 Å². The van der Waals surface area contributed by atoms with Gasteiger partial charge in [0, 0.05) is 29.1 Å². The first-order chi connectivity index (χ1) is 19.6. The Morgan fingerprint density at radius 1 is 0.900 bits per heavy atom. The van der Waals surface area contributed by atoms with E-state index in [1.807, 2.05) is 91.0 Å². The van der Waals surface area contributed by atoms with Crippen LogP contribution in [0.25, 0.3) is 33.2 Å². The molecule has 0 amide bonds. The lowest BCUT2D eigenvalue weighted by atomic mass is 9.94. The number of likely N-dealkylation sites (tertiary alicyclic amines) is 1. The third-order valence-electron chi connectivity index (χ3n) is 7.78. The molecule has 1 aliphatic heterocycles. The van der Waals surface area contributed by atoms with Gasteiger partial charge < -0.3 is 13.8 Å². The number of ether oxygens (including phenoxy) is 1. The number of hydrogen-bond donors (Lipinski definition) is 0. The average Bonchev–Trinajstić information content (AvgIpc) is 3.48. The van der Waals surface area contributed by atoms with Gasteiger partial charge in [-0.05, 0) is 48.9 Å². The number of hydrogen-bond acceptors (Lipinski definition) is 6. The second-order valence-corrected chi connectivity index (χ2v) is 10.3. The first kappa shape index (κ1) is 25.8. The largest absolute Gasteiger partial charge is 0.464 e. The first-order valence-electron chi connectivity index (χ1n) is 13.6. The van der Waals surface area contributed by atoms with E-state index in [4.69, 9.17) is 9.26 Å². The minimum absolute atomic E-state index is 0.159. The fourth-order valence-corrected chi connectivity index (χ4v) is 5.72. The van der Waals surface area contributed by atoms with Gasteiger partial charge in [0.1, 0.15) is 11.4 Å². The molecule has 6 rings (SSSR count). The van der Waals surface area contributed by atoms with Crippen LogP contribution in [0, 0.1) is 5.92 Å². The highest BCUT2D eigenvalue weighted by molar-refractivity contribution is 6.06. The number of carbonyl (C=O) groups excluding carboxylic acids is 1. The standard InChI is InChI=1S/C33H31N3O4/c1-39-33(38)31-30(25-12-6-3-7-13-25)27-14-8-9-15-28(27)32(37)36(31)21-23-16-18-35(19-17-23)22-26-20-29(34-40-26)24-10-4-2-5-11-24/h2-15,20,23H,16-19,21-22H2,1H3. The second kappa shape index (κ2) is 11.3. The highest BCUT2D eigenvalue weighted by Gasteiger charge is 2.27. The molecule has 3 aromatic carbocycles. The molecular formula is C33H31N3O4. The van der Waals surface area contributed by atoms with Crippen LogP contribution in [0.2, 0.25) is 0 Å². The molecular weight excluding hydrogens is 502 g/mol. The Labute approximate surface area is 232 Å². The van der Waals surface area contributed by atoms with Crippen molar-refractivity contribution in [3.8, 4) is 22.4 Å². The van der Waals surface area contributed by atoms with Gasteiger partial charge in [0.25, 0.3) is 5.56 Å². The number of rotatable bonds is 7. The molecule has 2 aromatic heterocycles. The Balaban J connectivity index is 1.25. The molecule has 0 bridgehead atoms. The molecule has 0 aliphatic carbocycles. The molecule has 0 radical (unpaired) electrons. The lowest BCUT2D eigenvalue weighted by Gasteiger charge is -2.32. The van der Waals surface area contributed by atoms with Crippen molar-refractivity contribution in [2.24, 2.45) is 5.92 Å². The van der Waals surface area contributed by atoms with Crippen molar-refractivity contribution in [1.29, 1.82) is 0 Å². The molecule has 7 heteroatoms. The minimum atomic E-state index is -0.501. The Kier molecular flexibility index (Phi) is 7.29. The number of methoxy groups -OCH3 is 1. The number of pyridine rings is 1. The van der Waals surface area contributed by atoms with E-state index in [-0.39, 0.29) is 11.5 Å². The predicted molar refractivity (Wildman–Crippen MR) is 155 cm³/mol. The number of benzene rings is 3. The molecule has 7 nitrogen and oxygen atoms in total. The average molecular weight is 534 g/mol. The number of aromatic nitrogens is 2. The van der Waals surface area contributed by atoms with E-state index in [9.17, 15) is 9.59 Å². The van der Waals surface area contributed by atoms with E-state index in [1.165, 1.54) is 7.11 Å². The molecule has 0 atom stereocenters. The third kappa shape index (κ3) is 5.08. The maximum Gasteiger partial charge on any atom is 0.355 e. The fraction of sp³-hybridized carbons (Fsp3) is 0.242. The lowest BCUT2D eigenvalue weighted by Crippen LogP contribution is -2.37. The predicted octanol–water partition coefficient (Wildman–Crippen LogP) is 6.02. The van der Waals surface area contributed by atoms with Gasteiger partial charge in [-0.1, -0.05) is 84.0 Å². The van der Waals surface area contributed by atoms with Crippen molar-refractivity contribution in [3.05, 3.63) is 113 Å². The van der Waals surface area contributed by atoms with E-state index in [0.29, 0.717) is 24.2 Å². The monoisotopic (exact) mass is 533 g/mol. The van der Waals surface area contributed by atoms with Crippen LogP contribution >= 0.6 is 0 Å². The summed E-state index contributed by atoms with van der Waals surface area (Å²) in [6.07, 6.45) is 1.81. The van der Waals surface area contributed by atoms with Crippen LogP contribution in [0.5, 0.6) is 0 Å². The molecule has 202 valence electrons. The summed E-state index contributed by atoms with van der Waals surface area (Å²) in [5.74, 6) is 0.582. The maximum absolute atomic E-state index is 13.8. The smallest absolute Gasteiger partial charge is 0.355 e. The van der Waals surface area contributed by atoms with Crippen molar-refractivity contribution in [1.82, 2.24) is 14.6 Å². The van der Waals surface area contributed by atoms with Gasteiger partial charge in [-0.3, -0.25) is 9.69 Å². The van der Waals surface area contributed by atoms with Crippen molar-refractivity contribution < 1.29 is 14.1 Å². The Hall–Kier alpha value is -4.49. The summed E-state index contributed by atoms with van der Waals surface area (Å²) in [6.45, 7) is 2.89. The molecule has 5 aromatic rings. The molecule has 1 saturated heterocycles. The summed E-state index contributed by atoms with van der Waals surface area (Å²) in [5.41, 5.74) is 3.64. The second-order valence-electron chi connectivity index (χ2n) is 10.3. The number of fused-ring (bicyclic) bond motifs is 1. The van der Waals surface area contributed by atoms with Crippen molar-refractivity contribution in [2.45, 2.75) is 25.9 Å². The summed E-state index contributed by atoms with van der Waals surface area (Å²) in [4.78, 5) is 29.3. The van der Waals surface area contributed by atoms with Crippen LogP contribution in [0.15, 0.2) is 100 Å². The van der Waals surface area contributed by atoms with Gasteiger partial charge in [0.15, 0.2) is 5.76 Å². The summed E-state index contributed by atoms with van der Waals surface area (Å²) >= 11 is 0. The first-order valence-corrected chi connectivity index (χ1v) is 13.6. The molecule has 1 fully saturated rings. The molecule has 0 spiro atoms. The van der Waals surface area contributed by atoms with Crippen LogP contribution in [-0.2, 0) is 17.8 Å². The van der Waals surface area contributed by atoms with E-state index < -0.39 is 5.97 Å². The van der Waals surface area contributed by atoms with E-state index >= 15 is 0 Å². The van der Waals surface area contributed by atoms with Crippen molar-refractivity contribution in [2.75, 3.05) is 20.2 Å². The summed E-state index contributed by atoms with van der Waals surface area (Å²) in [6, 6.07) is 29.3. The minimum Gasteiger partial charge on any atom is -0.464 e. The quantitative estimate of drug-likeness (QED) is 0.238. The Morgan fingerprint density at radius 2 is 1.52 bits per heavy atom. The molecule has 0 unspecified atom stereocenters. The van der Waals surface area contributed by atoms with Gasteiger partial charge in [-0.25, -0.2) is 4.79 Å². The normalized spacial score (nSPS) is 14.4. The summed E-state index contributed by atoms with van der Waals surface area (Å²) in [7, 11) is 1.37. The van der Waals surface area contributed by atoms with Crippen LogP contribution in [0.3, 0.4) is 0 Å². The van der Waals surface area contributed by atoms with Crippen LogP contribution in [0.1, 0.15) is 29.1 Å². The lowest BCUT2D eigenvalue weighted by molar-refractivity contribution is 0.0584. The number of esters is 1. The van der Waals surface area contributed by atoms with E-state index in [1.54, 1.807) is 4.57 Å². The van der Waals surface area contributed by atoms with E-state index in [2.05, 4.69) is 10.1 Å². The van der Waals surface area contributed by atoms with Gasteiger partial charge in [-0.2, -0.15) is 0 Å².